The molecule has 2 N–H and O–H groups in total. The van der Waals surface area contributed by atoms with Gasteiger partial charge in [-0.05, 0) is 50.1 Å². The Balaban J connectivity index is 2.35. The van der Waals surface area contributed by atoms with E-state index in [0.29, 0.717) is 28.0 Å². The quantitative estimate of drug-likeness (QED) is 0.864. The normalized spacial score (nSPS) is 12.2. The Kier molecular flexibility index (Phi) is 4.92. The van der Waals surface area contributed by atoms with Crippen molar-refractivity contribution in [3.63, 3.8) is 0 Å². The fourth-order valence-electron chi connectivity index (χ4n) is 1.96. The Morgan fingerprint density at radius 2 is 1.85 bits per heavy atom. The van der Waals surface area contributed by atoms with Crippen LogP contribution in [0, 0.1) is 6.92 Å². The van der Waals surface area contributed by atoms with E-state index in [-0.39, 0.29) is 6.04 Å². The van der Waals surface area contributed by atoms with Gasteiger partial charge in [0.1, 0.15) is 11.5 Å². The van der Waals surface area contributed by atoms with Gasteiger partial charge < -0.3 is 10.5 Å². The zero-order chi connectivity index (χ0) is 14.7. The molecule has 1 unspecified atom stereocenters. The average Bonchev–Trinajstić information content (AvgIpc) is 2.36. The largest absolute Gasteiger partial charge is 0.455 e. The number of hydrogen-bond acceptors (Lipinski definition) is 2. The van der Waals surface area contributed by atoms with Crippen LogP contribution in [0.4, 0.5) is 0 Å². The topological polar surface area (TPSA) is 35.2 Å². The number of ether oxygens (including phenoxy) is 1. The molecule has 20 heavy (non-hydrogen) atoms. The van der Waals surface area contributed by atoms with Crippen molar-refractivity contribution >= 4 is 23.2 Å². The first-order valence-corrected chi connectivity index (χ1v) is 7.20. The molecule has 0 aromatic heterocycles. The summed E-state index contributed by atoms with van der Waals surface area (Å²) in [5.74, 6) is 1.31. The molecule has 0 fully saturated rings. The molecule has 0 saturated heterocycles. The van der Waals surface area contributed by atoms with Crippen molar-refractivity contribution in [2.45, 2.75) is 26.3 Å². The molecule has 0 amide bonds. The summed E-state index contributed by atoms with van der Waals surface area (Å²) in [6.45, 7) is 3.92. The van der Waals surface area contributed by atoms with Gasteiger partial charge in [-0.2, -0.15) is 0 Å². The molecule has 2 aromatic carbocycles. The van der Waals surface area contributed by atoms with Crippen LogP contribution in [0.2, 0.25) is 10.0 Å². The number of aryl methyl sites for hydroxylation is 1. The summed E-state index contributed by atoms with van der Waals surface area (Å²) in [5, 5.41) is 1.24. The van der Waals surface area contributed by atoms with E-state index in [1.54, 1.807) is 0 Å². The minimum atomic E-state index is 0.00531. The van der Waals surface area contributed by atoms with Crippen molar-refractivity contribution in [3.8, 4) is 11.5 Å². The Labute approximate surface area is 129 Å². The number of rotatable bonds is 4. The summed E-state index contributed by atoms with van der Waals surface area (Å²) < 4.78 is 5.91. The van der Waals surface area contributed by atoms with Gasteiger partial charge in [-0.25, -0.2) is 0 Å². The second-order valence-corrected chi connectivity index (χ2v) is 5.75. The second-order valence-electron chi connectivity index (χ2n) is 4.93. The molecule has 106 valence electrons. The molecular formula is C16H17Cl2NO. The smallest absolute Gasteiger partial charge is 0.146 e. The predicted molar refractivity (Wildman–Crippen MR) is 85.1 cm³/mol. The van der Waals surface area contributed by atoms with E-state index in [1.807, 2.05) is 50.2 Å². The molecule has 0 aliphatic rings. The number of halogens is 2. The van der Waals surface area contributed by atoms with Crippen LogP contribution in [-0.2, 0) is 6.42 Å². The zero-order valence-electron chi connectivity index (χ0n) is 11.5. The molecule has 0 saturated carbocycles. The van der Waals surface area contributed by atoms with Crippen LogP contribution < -0.4 is 10.5 Å². The Morgan fingerprint density at radius 3 is 2.50 bits per heavy atom. The highest BCUT2D eigenvalue weighted by Gasteiger charge is 2.12. The number of hydrogen-bond donors (Lipinski definition) is 1. The van der Waals surface area contributed by atoms with Crippen LogP contribution in [0.1, 0.15) is 18.1 Å². The van der Waals surface area contributed by atoms with E-state index in [9.17, 15) is 0 Å². The summed E-state index contributed by atoms with van der Waals surface area (Å²) in [5.41, 5.74) is 7.86. The summed E-state index contributed by atoms with van der Waals surface area (Å²) in [4.78, 5) is 0. The summed E-state index contributed by atoms with van der Waals surface area (Å²) in [6, 6.07) is 11.2. The molecular weight excluding hydrogens is 293 g/mol. The minimum Gasteiger partial charge on any atom is -0.455 e. The van der Waals surface area contributed by atoms with Crippen LogP contribution in [0.5, 0.6) is 11.5 Å². The Morgan fingerprint density at radius 1 is 1.10 bits per heavy atom. The van der Waals surface area contributed by atoms with E-state index in [2.05, 4.69) is 0 Å². The summed E-state index contributed by atoms with van der Waals surface area (Å²) in [7, 11) is 0. The van der Waals surface area contributed by atoms with E-state index in [4.69, 9.17) is 33.7 Å². The average molecular weight is 310 g/mol. The van der Waals surface area contributed by atoms with E-state index in [0.717, 1.165) is 11.1 Å². The highest BCUT2D eigenvalue weighted by molar-refractivity contribution is 6.32. The van der Waals surface area contributed by atoms with Gasteiger partial charge in [-0.1, -0.05) is 35.3 Å². The third-order valence-corrected chi connectivity index (χ3v) is 3.56. The van der Waals surface area contributed by atoms with Gasteiger partial charge in [0.05, 0.1) is 5.02 Å². The van der Waals surface area contributed by atoms with Crippen LogP contribution in [0.3, 0.4) is 0 Å². The van der Waals surface area contributed by atoms with Gasteiger partial charge >= 0.3 is 0 Å². The maximum atomic E-state index is 6.24. The van der Waals surface area contributed by atoms with Gasteiger partial charge in [-0.3, -0.25) is 0 Å². The van der Waals surface area contributed by atoms with E-state index in [1.165, 1.54) is 0 Å². The molecule has 0 aliphatic heterocycles. The first-order valence-electron chi connectivity index (χ1n) is 6.44. The second kappa shape index (κ2) is 6.49. The van der Waals surface area contributed by atoms with Gasteiger partial charge in [-0.15, -0.1) is 0 Å². The molecule has 4 heteroatoms. The van der Waals surface area contributed by atoms with Crippen molar-refractivity contribution in [3.05, 3.63) is 57.6 Å². The fraction of sp³-hybridized carbons (Fsp3) is 0.250. The third-order valence-electron chi connectivity index (χ3n) is 2.91. The highest BCUT2D eigenvalue weighted by Crippen LogP contribution is 2.34. The lowest BCUT2D eigenvalue weighted by atomic mass is 10.1. The van der Waals surface area contributed by atoms with E-state index < -0.39 is 0 Å². The third kappa shape index (κ3) is 3.66. The fourth-order valence-corrected chi connectivity index (χ4v) is 2.48. The van der Waals surface area contributed by atoms with Crippen LogP contribution in [-0.4, -0.2) is 6.04 Å². The molecule has 0 heterocycles. The molecule has 2 aromatic rings. The SMILES string of the molecule is Cc1ccc(Oc2cccc(Cl)c2CC(C)N)c(Cl)c1. The lowest BCUT2D eigenvalue weighted by Gasteiger charge is -2.15. The summed E-state index contributed by atoms with van der Waals surface area (Å²) >= 11 is 12.4. The first kappa shape index (κ1) is 15.2. The van der Waals surface area contributed by atoms with Gasteiger partial charge in [0, 0.05) is 16.6 Å². The van der Waals surface area contributed by atoms with Crippen LogP contribution >= 0.6 is 23.2 Å². The van der Waals surface area contributed by atoms with Crippen molar-refractivity contribution in [2.75, 3.05) is 0 Å². The molecule has 2 nitrogen and oxygen atoms in total. The highest BCUT2D eigenvalue weighted by atomic mass is 35.5. The van der Waals surface area contributed by atoms with Gasteiger partial charge in [0.15, 0.2) is 0 Å². The van der Waals surface area contributed by atoms with Crippen molar-refractivity contribution in [2.24, 2.45) is 5.73 Å². The van der Waals surface area contributed by atoms with Crippen LogP contribution in [0.25, 0.3) is 0 Å². The minimum absolute atomic E-state index is 0.00531. The standard InChI is InChI=1S/C16H17Cl2NO/c1-10-6-7-16(14(18)8-10)20-15-5-3-4-13(17)12(15)9-11(2)19/h3-8,11H,9,19H2,1-2H3. The molecule has 0 aliphatic carbocycles. The lowest BCUT2D eigenvalue weighted by Crippen LogP contribution is -2.18. The predicted octanol–water partition coefficient (Wildman–Crippen LogP) is 4.98. The molecule has 2 rings (SSSR count). The van der Waals surface area contributed by atoms with Crippen LogP contribution in [0.15, 0.2) is 36.4 Å². The van der Waals surface area contributed by atoms with Crippen molar-refractivity contribution < 1.29 is 4.74 Å². The molecule has 0 radical (unpaired) electrons. The monoisotopic (exact) mass is 309 g/mol. The molecule has 0 bridgehead atoms. The van der Waals surface area contributed by atoms with Gasteiger partial charge in [0.25, 0.3) is 0 Å². The summed E-state index contributed by atoms with van der Waals surface area (Å²) in [6.07, 6.45) is 0.651. The maximum absolute atomic E-state index is 6.24. The maximum Gasteiger partial charge on any atom is 0.146 e. The molecule has 1 atom stereocenters. The van der Waals surface area contributed by atoms with Crippen molar-refractivity contribution in [1.82, 2.24) is 0 Å². The molecule has 0 spiro atoms. The lowest BCUT2D eigenvalue weighted by molar-refractivity contribution is 0.474. The van der Waals surface area contributed by atoms with Gasteiger partial charge in [0.2, 0.25) is 0 Å². The zero-order valence-corrected chi connectivity index (χ0v) is 13.0. The number of benzene rings is 2. The first-order chi connectivity index (χ1) is 9.47. The Bertz CT molecular complexity index is 611. The number of nitrogens with two attached hydrogens (primary N) is 1. The van der Waals surface area contributed by atoms with E-state index >= 15 is 0 Å². The Hall–Kier alpha value is -1.22. The van der Waals surface area contributed by atoms with Crippen molar-refractivity contribution in [1.29, 1.82) is 0 Å².